The third-order valence-corrected chi connectivity index (χ3v) is 3.59. The predicted molar refractivity (Wildman–Crippen MR) is 62.3 cm³/mol. The first-order valence-corrected chi connectivity index (χ1v) is 5.72. The molecular weight excluding hydrogens is 172 g/mol. The van der Waals surface area contributed by atoms with Gasteiger partial charge in [0.1, 0.15) is 0 Å². The van der Waals surface area contributed by atoms with Crippen molar-refractivity contribution in [3.63, 3.8) is 0 Å². The zero-order valence-corrected chi connectivity index (χ0v) is 10.8. The molecule has 1 rings (SSSR count). The third-order valence-electron chi connectivity index (χ3n) is 3.59. The summed E-state index contributed by atoms with van der Waals surface area (Å²) in [6, 6.07) is 1.35. The lowest BCUT2D eigenvalue weighted by Crippen LogP contribution is -2.41. The van der Waals surface area contributed by atoms with Gasteiger partial charge in [-0.2, -0.15) is 0 Å². The standard InChI is InChI=1S/C12H26N2/c1-9-10(2)14(8-12(4,5)6)11(3)13(9)7/h9-11H,8H2,1-7H3. The van der Waals surface area contributed by atoms with Gasteiger partial charge in [-0.3, -0.25) is 9.80 Å². The Balaban J connectivity index is 2.70. The first kappa shape index (κ1) is 12.0. The molecule has 2 nitrogen and oxygen atoms in total. The second kappa shape index (κ2) is 3.82. The van der Waals surface area contributed by atoms with E-state index >= 15 is 0 Å². The summed E-state index contributed by atoms with van der Waals surface area (Å²) < 4.78 is 0. The van der Waals surface area contributed by atoms with Crippen molar-refractivity contribution >= 4 is 0 Å². The van der Waals surface area contributed by atoms with Gasteiger partial charge in [-0.15, -0.1) is 0 Å². The van der Waals surface area contributed by atoms with Gasteiger partial charge in [0.25, 0.3) is 0 Å². The number of nitrogens with zero attached hydrogens (tertiary/aromatic N) is 2. The first-order valence-electron chi connectivity index (χ1n) is 5.72. The average molecular weight is 198 g/mol. The molecular formula is C12H26N2. The highest BCUT2D eigenvalue weighted by Crippen LogP contribution is 2.28. The van der Waals surface area contributed by atoms with Gasteiger partial charge in [0.05, 0.1) is 6.17 Å². The van der Waals surface area contributed by atoms with Gasteiger partial charge in [0, 0.05) is 18.6 Å². The van der Waals surface area contributed by atoms with Crippen LogP contribution >= 0.6 is 0 Å². The van der Waals surface area contributed by atoms with E-state index in [0.29, 0.717) is 23.7 Å². The topological polar surface area (TPSA) is 6.48 Å². The van der Waals surface area contributed by atoms with Crippen molar-refractivity contribution in [1.82, 2.24) is 9.80 Å². The van der Waals surface area contributed by atoms with Gasteiger partial charge < -0.3 is 0 Å². The highest BCUT2D eigenvalue weighted by Gasteiger charge is 2.38. The molecule has 0 aromatic carbocycles. The lowest BCUT2D eigenvalue weighted by atomic mass is 9.95. The van der Waals surface area contributed by atoms with Crippen molar-refractivity contribution in [2.75, 3.05) is 13.6 Å². The van der Waals surface area contributed by atoms with Crippen LogP contribution in [0.3, 0.4) is 0 Å². The Hall–Kier alpha value is -0.0800. The molecule has 0 N–H and O–H groups in total. The summed E-state index contributed by atoms with van der Waals surface area (Å²) in [4.78, 5) is 5.08. The SMILES string of the molecule is CC1C(C)N(CC(C)(C)C)C(C)N1C. The van der Waals surface area contributed by atoms with Crippen molar-refractivity contribution in [2.24, 2.45) is 5.41 Å². The maximum Gasteiger partial charge on any atom is 0.0596 e. The molecule has 0 aromatic rings. The quantitative estimate of drug-likeness (QED) is 0.638. The Morgan fingerprint density at radius 1 is 1.00 bits per heavy atom. The van der Waals surface area contributed by atoms with Crippen molar-refractivity contribution in [2.45, 2.75) is 59.8 Å². The molecule has 1 heterocycles. The number of hydrogen-bond donors (Lipinski definition) is 0. The molecule has 3 unspecified atom stereocenters. The maximum atomic E-state index is 2.62. The summed E-state index contributed by atoms with van der Waals surface area (Å²) in [7, 11) is 2.23. The van der Waals surface area contributed by atoms with Crippen molar-refractivity contribution in [1.29, 1.82) is 0 Å². The Morgan fingerprint density at radius 2 is 1.50 bits per heavy atom. The van der Waals surface area contributed by atoms with Gasteiger partial charge in [-0.25, -0.2) is 0 Å². The minimum Gasteiger partial charge on any atom is -0.287 e. The minimum atomic E-state index is 0.396. The summed E-state index contributed by atoms with van der Waals surface area (Å²) in [5.41, 5.74) is 0.396. The van der Waals surface area contributed by atoms with Crippen molar-refractivity contribution < 1.29 is 0 Å². The van der Waals surface area contributed by atoms with E-state index in [4.69, 9.17) is 0 Å². The molecule has 0 aromatic heterocycles. The molecule has 0 spiro atoms. The molecule has 1 saturated heterocycles. The summed E-state index contributed by atoms with van der Waals surface area (Å²) >= 11 is 0. The van der Waals surface area contributed by atoms with Crippen LogP contribution in [-0.2, 0) is 0 Å². The van der Waals surface area contributed by atoms with Crippen LogP contribution in [0.2, 0.25) is 0 Å². The van der Waals surface area contributed by atoms with Crippen LogP contribution in [0.25, 0.3) is 0 Å². The fourth-order valence-corrected chi connectivity index (χ4v) is 2.36. The average Bonchev–Trinajstić information content (AvgIpc) is 2.20. The molecule has 1 aliphatic rings. The molecule has 0 bridgehead atoms. The van der Waals surface area contributed by atoms with Crippen LogP contribution in [0.15, 0.2) is 0 Å². The summed E-state index contributed by atoms with van der Waals surface area (Å²) in [5, 5.41) is 0. The van der Waals surface area contributed by atoms with E-state index in [1.807, 2.05) is 0 Å². The Labute approximate surface area is 89.3 Å². The van der Waals surface area contributed by atoms with E-state index in [0.717, 1.165) is 0 Å². The lowest BCUT2D eigenvalue weighted by molar-refractivity contribution is 0.112. The fourth-order valence-electron chi connectivity index (χ4n) is 2.36. The lowest BCUT2D eigenvalue weighted by Gasteiger charge is -2.33. The Kier molecular flexibility index (Phi) is 3.27. The Bertz CT molecular complexity index is 181. The second-order valence-electron chi connectivity index (χ2n) is 6.01. The van der Waals surface area contributed by atoms with Crippen molar-refractivity contribution in [3.8, 4) is 0 Å². The van der Waals surface area contributed by atoms with E-state index in [1.165, 1.54) is 6.54 Å². The molecule has 84 valence electrons. The molecule has 14 heavy (non-hydrogen) atoms. The van der Waals surface area contributed by atoms with Gasteiger partial charge in [-0.05, 0) is 33.2 Å². The van der Waals surface area contributed by atoms with Crippen molar-refractivity contribution in [3.05, 3.63) is 0 Å². The zero-order chi connectivity index (χ0) is 11.1. The summed E-state index contributed by atoms with van der Waals surface area (Å²) in [6.45, 7) is 15.1. The highest BCUT2D eigenvalue weighted by molar-refractivity contribution is 4.91. The Morgan fingerprint density at radius 3 is 1.79 bits per heavy atom. The van der Waals surface area contributed by atoms with E-state index in [-0.39, 0.29) is 0 Å². The third kappa shape index (κ3) is 2.29. The van der Waals surface area contributed by atoms with E-state index in [1.54, 1.807) is 0 Å². The minimum absolute atomic E-state index is 0.396. The summed E-state index contributed by atoms with van der Waals surface area (Å²) in [6.07, 6.45) is 0.583. The van der Waals surface area contributed by atoms with Gasteiger partial charge in [0.2, 0.25) is 0 Å². The zero-order valence-electron chi connectivity index (χ0n) is 10.8. The molecule has 0 amide bonds. The molecule has 2 heteroatoms. The molecule has 0 saturated carbocycles. The van der Waals surface area contributed by atoms with Gasteiger partial charge in [-0.1, -0.05) is 20.8 Å². The van der Waals surface area contributed by atoms with Crippen LogP contribution in [0, 0.1) is 5.41 Å². The highest BCUT2D eigenvalue weighted by atomic mass is 15.4. The molecule has 1 aliphatic heterocycles. The number of hydrogen-bond acceptors (Lipinski definition) is 2. The molecule has 0 aliphatic carbocycles. The van der Waals surface area contributed by atoms with Crippen LogP contribution in [0.1, 0.15) is 41.5 Å². The maximum absolute atomic E-state index is 2.62. The van der Waals surface area contributed by atoms with E-state index < -0.39 is 0 Å². The molecule has 1 fully saturated rings. The number of likely N-dealkylation sites (N-methyl/N-ethyl adjacent to an activating group) is 1. The van der Waals surface area contributed by atoms with Crippen LogP contribution in [0.4, 0.5) is 0 Å². The first-order chi connectivity index (χ1) is 6.24. The fraction of sp³-hybridized carbons (Fsp3) is 1.00. The van der Waals surface area contributed by atoms with Crippen LogP contribution < -0.4 is 0 Å². The largest absolute Gasteiger partial charge is 0.287 e. The van der Waals surface area contributed by atoms with Crippen LogP contribution in [0.5, 0.6) is 0 Å². The molecule has 0 radical (unpaired) electrons. The predicted octanol–water partition coefficient (Wildman–Crippen LogP) is 2.40. The number of rotatable bonds is 1. The second-order valence-corrected chi connectivity index (χ2v) is 6.01. The van der Waals surface area contributed by atoms with Gasteiger partial charge >= 0.3 is 0 Å². The monoisotopic (exact) mass is 198 g/mol. The normalized spacial score (nSPS) is 36.6. The van der Waals surface area contributed by atoms with E-state index in [9.17, 15) is 0 Å². The van der Waals surface area contributed by atoms with E-state index in [2.05, 4.69) is 58.4 Å². The molecule has 3 atom stereocenters. The van der Waals surface area contributed by atoms with Crippen LogP contribution in [-0.4, -0.2) is 41.6 Å². The smallest absolute Gasteiger partial charge is 0.0596 e. The summed E-state index contributed by atoms with van der Waals surface area (Å²) in [5.74, 6) is 0. The van der Waals surface area contributed by atoms with Gasteiger partial charge in [0.15, 0.2) is 0 Å².